The minimum atomic E-state index is -1.02. The van der Waals surface area contributed by atoms with Crippen LogP contribution in [0.1, 0.15) is 5.56 Å². The number of amides is 2. The summed E-state index contributed by atoms with van der Waals surface area (Å²) in [5, 5.41) is 2.96. The van der Waals surface area contributed by atoms with Gasteiger partial charge in [-0.15, -0.1) is 0 Å². The molecule has 0 saturated heterocycles. The summed E-state index contributed by atoms with van der Waals surface area (Å²) >= 11 is 0. The third-order valence-electron chi connectivity index (χ3n) is 4.92. The third-order valence-corrected chi connectivity index (χ3v) is 4.92. The van der Waals surface area contributed by atoms with Gasteiger partial charge in [0.2, 0.25) is 0 Å². The van der Waals surface area contributed by atoms with Crippen LogP contribution in [0.15, 0.2) is 72.4 Å². The number of hydrogen-bond acceptors (Lipinski definition) is 5. The van der Waals surface area contributed by atoms with Crippen LogP contribution in [-0.2, 0) is 9.59 Å². The molecule has 162 valence electrons. The first-order chi connectivity index (χ1) is 15.4. The van der Waals surface area contributed by atoms with Crippen molar-refractivity contribution in [3.05, 3.63) is 89.6 Å². The Kier molecular flexibility index (Phi) is 5.59. The van der Waals surface area contributed by atoms with Gasteiger partial charge in [-0.2, -0.15) is 0 Å². The van der Waals surface area contributed by atoms with E-state index >= 15 is 0 Å². The van der Waals surface area contributed by atoms with Crippen molar-refractivity contribution in [1.82, 2.24) is 0 Å². The molecule has 0 radical (unpaired) electrons. The Morgan fingerprint density at radius 3 is 2.06 bits per heavy atom. The molecule has 1 aliphatic heterocycles. The van der Waals surface area contributed by atoms with Crippen LogP contribution in [0.25, 0.3) is 5.57 Å². The van der Waals surface area contributed by atoms with Crippen LogP contribution in [-0.4, -0.2) is 26.0 Å². The van der Waals surface area contributed by atoms with Crippen molar-refractivity contribution in [3.8, 4) is 11.5 Å². The van der Waals surface area contributed by atoms with E-state index in [9.17, 15) is 18.4 Å². The third kappa shape index (κ3) is 3.78. The van der Waals surface area contributed by atoms with E-state index in [1.54, 1.807) is 48.5 Å². The van der Waals surface area contributed by atoms with Crippen LogP contribution in [0.3, 0.4) is 0 Å². The largest absolute Gasteiger partial charge is 0.497 e. The van der Waals surface area contributed by atoms with E-state index in [4.69, 9.17) is 9.47 Å². The Balaban J connectivity index is 1.84. The van der Waals surface area contributed by atoms with Crippen LogP contribution in [0.4, 0.5) is 20.2 Å². The first kappa shape index (κ1) is 21.0. The van der Waals surface area contributed by atoms with Crippen molar-refractivity contribution < 1.29 is 27.8 Å². The second-order valence-electron chi connectivity index (χ2n) is 6.88. The number of hydrogen-bond donors (Lipinski definition) is 1. The summed E-state index contributed by atoms with van der Waals surface area (Å²) in [5.74, 6) is -2.42. The maximum absolute atomic E-state index is 14.5. The average Bonchev–Trinajstić information content (AvgIpc) is 3.03. The molecular formula is C24H18F2N2O4. The summed E-state index contributed by atoms with van der Waals surface area (Å²) in [5.41, 5.74) is 0.552. The lowest BCUT2D eigenvalue weighted by Crippen LogP contribution is -2.33. The van der Waals surface area contributed by atoms with E-state index in [0.29, 0.717) is 33.7 Å². The standard InChI is InChI=1S/C24H18F2N2O4/c1-31-17-11-16(12-18(13-17)32-2)27-22-21(14-6-4-3-5-7-14)23(29)28(24(22)30)20-9-8-15(25)10-19(20)26/h3-13,27H,1-2H3. The number of carbonyl (C=O) groups is 2. The number of methoxy groups -OCH3 is 2. The van der Waals surface area contributed by atoms with Gasteiger partial charge in [-0.3, -0.25) is 9.59 Å². The molecule has 32 heavy (non-hydrogen) atoms. The molecule has 3 aromatic carbocycles. The number of anilines is 2. The predicted molar refractivity (Wildman–Crippen MR) is 115 cm³/mol. The lowest BCUT2D eigenvalue weighted by molar-refractivity contribution is -0.120. The van der Waals surface area contributed by atoms with Gasteiger partial charge in [0.05, 0.1) is 25.5 Å². The molecule has 0 bridgehead atoms. The Morgan fingerprint density at radius 1 is 0.812 bits per heavy atom. The van der Waals surface area contributed by atoms with Gasteiger partial charge >= 0.3 is 0 Å². The number of imide groups is 1. The van der Waals surface area contributed by atoms with Gasteiger partial charge in [-0.05, 0) is 17.7 Å². The number of carbonyl (C=O) groups excluding carboxylic acids is 2. The highest BCUT2D eigenvalue weighted by molar-refractivity contribution is 6.46. The zero-order valence-electron chi connectivity index (χ0n) is 17.2. The fourth-order valence-electron chi connectivity index (χ4n) is 3.42. The predicted octanol–water partition coefficient (Wildman–Crippen LogP) is 4.38. The highest BCUT2D eigenvalue weighted by Gasteiger charge is 2.41. The Morgan fingerprint density at radius 2 is 1.47 bits per heavy atom. The molecule has 1 heterocycles. The summed E-state index contributed by atoms with van der Waals surface area (Å²) in [6.45, 7) is 0. The Labute approximate surface area is 182 Å². The minimum absolute atomic E-state index is 0.0553. The molecule has 4 rings (SSSR count). The van der Waals surface area contributed by atoms with Gasteiger partial charge in [-0.25, -0.2) is 13.7 Å². The fourth-order valence-corrected chi connectivity index (χ4v) is 3.42. The molecule has 0 aliphatic carbocycles. The first-order valence-corrected chi connectivity index (χ1v) is 9.56. The smallest absolute Gasteiger partial charge is 0.282 e. The van der Waals surface area contributed by atoms with E-state index in [1.165, 1.54) is 14.2 Å². The quantitative estimate of drug-likeness (QED) is 0.581. The average molecular weight is 436 g/mol. The van der Waals surface area contributed by atoms with Crippen LogP contribution in [0.5, 0.6) is 11.5 Å². The van der Waals surface area contributed by atoms with E-state index in [1.807, 2.05) is 0 Å². The van der Waals surface area contributed by atoms with Crippen LogP contribution in [0.2, 0.25) is 0 Å². The van der Waals surface area contributed by atoms with Gasteiger partial charge in [-0.1, -0.05) is 30.3 Å². The number of nitrogens with zero attached hydrogens (tertiary/aromatic N) is 1. The molecule has 0 spiro atoms. The summed E-state index contributed by atoms with van der Waals surface area (Å²) in [4.78, 5) is 27.3. The Bertz CT molecular complexity index is 1220. The minimum Gasteiger partial charge on any atom is -0.497 e. The molecule has 2 amide bonds. The number of nitrogens with one attached hydrogen (secondary N) is 1. The summed E-state index contributed by atoms with van der Waals surface area (Å²) in [7, 11) is 2.97. The van der Waals surface area contributed by atoms with E-state index in [0.717, 1.165) is 12.1 Å². The molecule has 8 heteroatoms. The maximum Gasteiger partial charge on any atom is 0.282 e. The molecule has 1 aliphatic rings. The second-order valence-corrected chi connectivity index (χ2v) is 6.88. The van der Waals surface area contributed by atoms with Crippen molar-refractivity contribution >= 4 is 28.8 Å². The van der Waals surface area contributed by atoms with Crippen LogP contribution >= 0.6 is 0 Å². The van der Waals surface area contributed by atoms with Crippen molar-refractivity contribution in [2.45, 2.75) is 0 Å². The highest BCUT2D eigenvalue weighted by Crippen LogP contribution is 2.36. The number of halogens is 2. The molecular weight excluding hydrogens is 418 g/mol. The van der Waals surface area contributed by atoms with Crippen molar-refractivity contribution in [2.24, 2.45) is 0 Å². The van der Waals surface area contributed by atoms with E-state index < -0.39 is 23.4 Å². The zero-order valence-corrected chi connectivity index (χ0v) is 17.2. The Hall–Kier alpha value is -4.20. The lowest BCUT2D eigenvalue weighted by Gasteiger charge is -2.16. The molecule has 0 unspecified atom stereocenters. The molecule has 0 fully saturated rings. The fraction of sp³-hybridized carbons (Fsp3) is 0.0833. The SMILES string of the molecule is COc1cc(NC2=C(c3ccccc3)C(=O)N(c3ccc(F)cc3F)C2=O)cc(OC)c1. The van der Waals surface area contributed by atoms with Crippen LogP contribution < -0.4 is 19.7 Å². The normalized spacial score (nSPS) is 13.6. The van der Waals surface area contributed by atoms with Gasteiger partial charge < -0.3 is 14.8 Å². The first-order valence-electron chi connectivity index (χ1n) is 9.56. The lowest BCUT2D eigenvalue weighted by atomic mass is 10.0. The van der Waals surface area contributed by atoms with Gasteiger partial charge in [0, 0.05) is 30.0 Å². The van der Waals surface area contributed by atoms with Gasteiger partial charge in [0.1, 0.15) is 28.8 Å². The molecule has 6 nitrogen and oxygen atoms in total. The molecule has 0 atom stereocenters. The van der Waals surface area contributed by atoms with Crippen molar-refractivity contribution in [2.75, 3.05) is 24.4 Å². The zero-order chi connectivity index (χ0) is 22.8. The summed E-state index contributed by atoms with van der Waals surface area (Å²) in [6, 6.07) is 16.1. The van der Waals surface area contributed by atoms with E-state index in [-0.39, 0.29) is 17.0 Å². The second kappa shape index (κ2) is 8.50. The monoisotopic (exact) mass is 436 g/mol. The number of ether oxygens (including phenoxy) is 2. The van der Waals surface area contributed by atoms with Crippen molar-refractivity contribution in [1.29, 1.82) is 0 Å². The molecule has 0 aromatic heterocycles. The topological polar surface area (TPSA) is 67.9 Å². The van der Waals surface area contributed by atoms with Crippen LogP contribution in [0, 0.1) is 11.6 Å². The molecule has 3 aromatic rings. The summed E-state index contributed by atoms with van der Waals surface area (Å²) < 4.78 is 38.4. The number of rotatable bonds is 6. The number of benzene rings is 3. The van der Waals surface area contributed by atoms with Gasteiger partial charge in [0.25, 0.3) is 11.8 Å². The molecule has 1 N–H and O–H groups in total. The maximum atomic E-state index is 14.5. The highest BCUT2D eigenvalue weighted by atomic mass is 19.1. The van der Waals surface area contributed by atoms with Crippen molar-refractivity contribution in [3.63, 3.8) is 0 Å². The van der Waals surface area contributed by atoms with E-state index in [2.05, 4.69) is 5.32 Å². The summed E-state index contributed by atoms with van der Waals surface area (Å²) in [6.07, 6.45) is 0. The van der Waals surface area contributed by atoms with Gasteiger partial charge in [0.15, 0.2) is 0 Å². The molecule has 0 saturated carbocycles.